The van der Waals surface area contributed by atoms with Crippen molar-refractivity contribution >= 4 is 23.4 Å². The van der Waals surface area contributed by atoms with Crippen molar-refractivity contribution in [1.82, 2.24) is 4.90 Å². The number of ketones is 1. The number of aliphatic hydroxyl groups excluding tert-OH is 1. The van der Waals surface area contributed by atoms with Crippen molar-refractivity contribution in [2.24, 2.45) is 0 Å². The van der Waals surface area contributed by atoms with Gasteiger partial charge in [0, 0.05) is 12.1 Å². The van der Waals surface area contributed by atoms with E-state index in [1.165, 1.54) is 24.1 Å². The highest BCUT2D eigenvalue weighted by Crippen LogP contribution is 2.40. The van der Waals surface area contributed by atoms with Gasteiger partial charge < -0.3 is 24.6 Å². The molecule has 0 radical (unpaired) electrons. The van der Waals surface area contributed by atoms with Gasteiger partial charge in [0.1, 0.15) is 17.3 Å². The number of carbonyl (C=O) groups is 3. The fourth-order valence-corrected chi connectivity index (χ4v) is 4.19. The van der Waals surface area contributed by atoms with Crippen LogP contribution in [0, 0.1) is 0 Å². The molecule has 1 saturated heterocycles. The summed E-state index contributed by atoms with van der Waals surface area (Å²) in [7, 11) is 1.29. The van der Waals surface area contributed by atoms with Crippen molar-refractivity contribution in [1.29, 1.82) is 0 Å². The van der Waals surface area contributed by atoms with Crippen LogP contribution in [0.5, 0.6) is 11.5 Å². The fraction of sp³-hybridized carbons (Fsp3) is 0.207. The first-order valence-corrected chi connectivity index (χ1v) is 11.8. The van der Waals surface area contributed by atoms with Crippen LogP contribution in [0.3, 0.4) is 0 Å². The van der Waals surface area contributed by atoms with Crippen molar-refractivity contribution in [2.45, 2.75) is 25.9 Å². The summed E-state index contributed by atoms with van der Waals surface area (Å²) in [5.74, 6) is -1.71. The molecule has 37 heavy (non-hydrogen) atoms. The van der Waals surface area contributed by atoms with E-state index in [4.69, 9.17) is 9.47 Å². The van der Waals surface area contributed by atoms with Gasteiger partial charge in [-0.3, -0.25) is 9.59 Å². The monoisotopic (exact) mass is 501 g/mol. The van der Waals surface area contributed by atoms with Gasteiger partial charge in [0.2, 0.25) is 0 Å². The summed E-state index contributed by atoms with van der Waals surface area (Å²) >= 11 is 0. The van der Waals surface area contributed by atoms with E-state index >= 15 is 0 Å². The predicted octanol–water partition coefficient (Wildman–Crippen LogP) is 4.59. The molecule has 1 fully saturated rings. The third-order valence-electron chi connectivity index (χ3n) is 6.08. The number of aliphatic hydroxyl groups is 1. The number of esters is 1. The van der Waals surface area contributed by atoms with Crippen LogP contribution in [0.25, 0.3) is 5.76 Å². The summed E-state index contributed by atoms with van der Waals surface area (Å²) in [6.07, 6.45) is 0.850. The minimum atomic E-state index is -0.892. The van der Waals surface area contributed by atoms with E-state index in [1.807, 2.05) is 6.92 Å². The molecule has 1 amide bonds. The summed E-state index contributed by atoms with van der Waals surface area (Å²) in [6, 6.07) is 18.4. The lowest BCUT2D eigenvalue weighted by atomic mass is 9.95. The molecule has 1 heterocycles. The molecular formula is C29H27NO7. The molecule has 4 rings (SSSR count). The Morgan fingerprint density at radius 3 is 2.14 bits per heavy atom. The van der Waals surface area contributed by atoms with Gasteiger partial charge in [-0.2, -0.15) is 0 Å². The topological polar surface area (TPSA) is 113 Å². The average molecular weight is 502 g/mol. The molecule has 1 aliphatic heterocycles. The summed E-state index contributed by atoms with van der Waals surface area (Å²) < 4.78 is 10.3. The number of likely N-dealkylation sites (tertiary alicyclic amines) is 1. The van der Waals surface area contributed by atoms with Crippen LogP contribution in [0.4, 0.5) is 0 Å². The predicted molar refractivity (Wildman–Crippen MR) is 136 cm³/mol. The molecule has 0 spiro atoms. The Kier molecular flexibility index (Phi) is 7.57. The number of benzene rings is 3. The maximum absolute atomic E-state index is 13.2. The quantitative estimate of drug-likeness (QED) is 0.201. The molecule has 2 N–H and O–H groups in total. The molecule has 1 aliphatic rings. The molecule has 8 heteroatoms. The van der Waals surface area contributed by atoms with Gasteiger partial charge in [-0.15, -0.1) is 0 Å². The van der Waals surface area contributed by atoms with E-state index in [9.17, 15) is 24.6 Å². The highest BCUT2D eigenvalue weighted by atomic mass is 16.5. The summed E-state index contributed by atoms with van der Waals surface area (Å²) in [4.78, 5) is 39.5. The van der Waals surface area contributed by atoms with Crippen molar-refractivity contribution in [3.05, 3.63) is 101 Å². The zero-order valence-electron chi connectivity index (χ0n) is 20.5. The van der Waals surface area contributed by atoms with Crippen molar-refractivity contribution in [2.75, 3.05) is 13.7 Å². The van der Waals surface area contributed by atoms with Crippen LogP contribution < -0.4 is 4.74 Å². The van der Waals surface area contributed by atoms with Crippen molar-refractivity contribution in [3.63, 3.8) is 0 Å². The normalized spacial score (nSPS) is 16.6. The molecule has 0 saturated carbocycles. The number of nitrogens with zero attached hydrogens (tertiary/aromatic N) is 1. The first-order valence-electron chi connectivity index (χ1n) is 11.8. The number of carbonyl (C=O) groups excluding carboxylic acids is 3. The smallest absolute Gasteiger partial charge is 0.337 e. The summed E-state index contributed by atoms with van der Waals surface area (Å²) in [5.41, 5.74) is 1.90. The lowest BCUT2D eigenvalue weighted by molar-refractivity contribution is -0.140. The van der Waals surface area contributed by atoms with Crippen LogP contribution >= 0.6 is 0 Å². The Balaban J connectivity index is 1.74. The second kappa shape index (κ2) is 11.0. The van der Waals surface area contributed by atoms with E-state index < -0.39 is 23.7 Å². The number of aromatic hydroxyl groups is 1. The number of amides is 1. The summed E-state index contributed by atoms with van der Waals surface area (Å²) in [6.45, 7) is 2.60. The molecule has 0 aromatic heterocycles. The number of methoxy groups -OCH3 is 1. The number of rotatable bonds is 8. The van der Waals surface area contributed by atoms with Crippen molar-refractivity contribution in [3.8, 4) is 11.5 Å². The minimum absolute atomic E-state index is 0.0294. The van der Waals surface area contributed by atoms with Crippen LogP contribution in [0.15, 0.2) is 78.4 Å². The third-order valence-corrected chi connectivity index (χ3v) is 6.08. The SMILES string of the molecule is CCCOc1ccc(/C(O)=C2\C(=O)C(=O)N(Cc3ccc(C(=O)OC)cc3)C2c2ccc(O)cc2)cc1. The van der Waals surface area contributed by atoms with E-state index in [0.29, 0.717) is 34.6 Å². The van der Waals surface area contributed by atoms with Gasteiger partial charge >= 0.3 is 5.97 Å². The molecule has 190 valence electrons. The van der Waals surface area contributed by atoms with E-state index in [-0.39, 0.29) is 23.6 Å². The third kappa shape index (κ3) is 5.33. The number of phenolic OH excluding ortho intramolecular Hbond substituents is 1. The highest BCUT2D eigenvalue weighted by Gasteiger charge is 2.46. The molecule has 0 bridgehead atoms. The van der Waals surface area contributed by atoms with E-state index in [1.54, 1.807) is 60.7 Å². The molecule has 0 aliphatic carbocycles. The van der Waals surface area contributed by atoms with Crippen LogP contribution in [-0.4, -0.2) is 46.5 Å². The Bertz CT molecular complexity index is 1330. The largest absolute Gasteiger partial charge is 0.508 e. The summed E-state index contributed by atoms with van der Waals surface area (Å²) in [5, 5.41) is 21.0. The molecule has 1 atom stereocenters. The number of ether oxygens (including phenoxy) is 2. The zero-order chi connectivity index (χ0) is 26.5. The number of Topliss-reactive ketones (excluding diaryl/α,β-unsaturated/α-hetero) is 1. The van der Waals surface area contributed by atoms with Gasteiger partial charge in [-0.25, -0.2) is 4.79 Å². The number of phenols is 1. The standard InChI is InChI=1S/C29H27NO7/c1-3-16-37-23-14-10-20(11-15-23)26(32)24-25(19-8-12-22(31)13-9-19)30(28(34)27(24)33)17-18-4-6-21(7-5-18)29(35)36-2/h4-15,25,31-32H,3,16-17H2,1-2H3/b26-24+. The first kappa shape index (κ1) is 25.5. The second-order valence-corrected chi connectivity index (χ2v) is 8.58. The molecule has 8 nitrogen and oxygen atoms in total. The zero-order valence-corrected chi connectivity index (χ0v) is 20.5. The first-order chi connectivity index (χ1) is 17.8. The van der Waals surface area contributed by atoms with Crippen molar-refractivity contribution < 1.29 is 34.1 Å². The maximum Gasteiger partial charge on any atom is 0.337 e. The highest BCUT2D eigenvalue weighted by molar-refractivity contribution is 6.46. The lowest BCUT2D eigenvalue weighted by Gasteiger charge is -2.25. The van der Waals surface area contributed by atoms with Gasteiger partial charge in [-0.1, -0.05) is 31.2 Å². The minimum Gasteiger partial charge on any atom is -0.508 e. The van der Waals surface area contributed by atoms with E-state index in [2.05, 4.69) is 0 Å². The van der Waals surface area contributed by atoms with Crippen LogP contribution in [0.2, 0.25) is 0 Å². The molecule has 1 unspecified atom stereocenters. The Labute approximate surface area is 214 Å². The molecular weight excluding hydrogens is 474 g/mol. The Hall–Kier alpha value is -4.59. The molecule has 3 aromatic rings. The van der Waals surface area contributed by atoms with Crippen LogP contribution in [0.1, 0.15) is 46.4 Å². The number of hydrogen-bond donors (Lipinski definition) is 2. The van der Waals surface area contributed by atoms with Crippen LogP contribution in [-0.2, 0) is 20.9 Å². The van der Waals surface area contributed by atoms with Gasteiger partial charge in [0.05, 0.1) is 30.9 Å². The lowest BCUT2D eigenvalue weighted by Crippen LogP contribution is -2.29. The Morgan fingerprint density at radius 2 is 1.54 bits per heavy atom. The average Bonchev–Trinajstić information content (AvgIpc) is 3.17. The maximum atomic E-state index is 13.2. The Morgan fingerprint density at radius 1 is 0.919 bits per heavy atom. The van der Waals surface area contributed by atoms with Gasteiger partial charge in [0.25, 0.3) is 11.7 Å². The number of hydrogen-bond acceptors (Lipinski definition) is 7. The second-order valence-electron chi connectivity index (χ2n) is 8.58. The molecule has 3 aromatic carbocycles. The van der Waals surface area contributed by atoms with Gasteiger partial charge in [-0.05, 0) is 66.1 Å². The van der Waals surface area contributed by atoms with Gasteiger partial charge in [0.15, 0.2) is 0 Å². The van der Waals surface area contributed by atoms with E-state index in [0.717, 1.165) is 6.42 Å². The fourth-order valence-electron chi connectivity index (χ4n) is 4.19.